The Morgan fingerprint density at radius 2 is 1.89 bits per heavy atom. The largest absolute Gasteiger partial charge is 0.352 e. The molecule has 2 aliphatic rings. The van der Waals surface area contributed by atoms with Crippen LogP contribution >= 0.6 is 11.8 Å². The van der Waals surface area contributed by atoms with Gasteiger partial charge in [-0.1, -0.05) is 30.3 Å². The molecule has 2 aliphatic heterocycles. The third kappa shape index (κ3) is 4.01. The van der Waals surface area contributed by atoms with E-state index in [0.29, 0.717) is 23.8 Å². The lowest BCUT2D eigenvalue weighted by Gasteiger charge is -2.27. The predicted octanol–water partition coefficient (Wildman–Crippen LogP) is 2.32. The quantitative estimate of drug-likeness (QED) is 0.754. The summed E-state index contributed by atoms with van der Waals surface area (Å²) in [6.45, 7) is 3.34. The summed E-state index contributed by atoms with van der Waals surface area (Å²) in [7, 11) is 0. The number of amides is 2. The minimum atomic E-state index is -0.0658. The van der Waals surface area contributed by atoms with E-state index in [1.165, 1.54) is 17.3 Å². The maximum absolute atomic E-state index is 12.7. The molecule has 27 heavy (non-hydrogen) atoms. The van der Waals surface area contributed by atoms with Crippen molar-refractivity contribution in [2.45, 2.75) is 11.3 Å². The topological polar surface area (TPSA) is 61.4 Å². The van der Waals surface area contributed by atoms with E-state index < -0.39 is 0 Å². The van der Waals surface area contributed by atoms with Gasteiger partial charge in [0, 0.05) is 42.7 Å². The van der Waals surface area contributed by atoms with Crippen LogP contribution in [-0.2, 0) is 11.2 Å². The van der Waals surface area contributed by atoms with Crippen molar-refractivity contribution >= 4 is 29.3 Å². The molecular weight excluding hydrogens is 358 g/mol. The molecule has 2 amide bonds. The number of para-hydroxylation sites is 1. The summed E-state index contributed by atoms with van der Waals surface area (Å²) >= 11 is 1.43. The average molecular weight is 382 g/mol. The highest BCUT2D eigenvalue weighted by Crippen LogP contribution is 2.29. The van der Waals surface area contributed by atoms with Crippen molar-refractivity contribution in [3.05, 3.63) is 59.7 Å². The van der Waals surface area contributed by atoms with Gasteiger partial charge in [0.2, 0.25) is 5.91 Å². The van der Waals surface area contributed by atoms with Crippen molar-refractivity contribution in [2.24, 2.45) is 5.92 Å². The zero-order valence-corrected chi connectivity index (χ0v) is 15.9. The molecular formula is C21H23N3O2S. The number of thioether (sulfide) groups is 1. The number of nitrogens with zero attached hydrogens (tertiary/aromatic N) is 1. The molecule has 0 unspecified atom stereocenters. The molecule has 4 rings (SSSR count). The van der Waals surface area contributed by atoms with Crippen LogP contribution in [0.25, 0.3) is 0 Å². The number of anilines is 1. The minimum absolute atomic E-state index is 0.0658. The molecule has 0 atom stereocenters. The van der Waals surface area contributed by atoms with Gasteiger partial charge >= 0.3 is 0 Å². The average Bonchev–Trinajstić information content (AvgIpc) is 3.09. The fourth-order valence-electron chi connectivity index (χ4n) is 3.42. The number of benzene rings is 2. The van der Waals surface area contributed by atoms with E-state index in [9.17, 15) is 9.59 Å². The predicted molar refractivity (Wildman–Crippen MR) is 108 cm³/mol. The summed E-state index contributed by atoms with van der Waals surface area (Å²) in [5, 5.41) is 6.21. The Bertz CT molecular complexity index is 851. The van der Waals surface area contributed by atoms with Crippen LogP contribution < -0.4 is 15.5 Å². The summed E-state index contributed by atoms with van der Waals surface area (Å²) in [5.74, 6) is 0.862. The molecule has 0 aliphatic carbocycles. The molecule has 1 saturated heterocycles. The van der Waals surface area contributed by atoms with Gasteiger partial charge in [-0.15, -0.1) is 11.8 Å². The Morgan fingerprint density at radius 1 is 1.11 bits per heavy atom. The lowest BCUT2D eigenvalue weighted by Crippen LogP contribution is -2.48. The second kappa shape index (κ2) is 8.15. The first kappa shape index (κ1) is 18.1. The summed E-state index contributed by atoms with van der Waals surface area (Å²) < 4.78 is 0. The van der Waals surface area contributed by atoms with Crippen molar-refractivity contribution in [3.63, 3.8) is 0 Å². The molecule has 0 aromatic heterocycles. The van der Waals surface area contributed by atoms with E-state index in [0.717, 1.165) is 36.6 Å². The van der Waals surface area contributed by atoms with Crippen LogP contribution in [0.5, 0.6) is 0 Å². The molecule has 2 heterocycles. The van der Waals surface area contributed by atoms with Gasteiger partial charge in [0.05, 0.1) is 11.3 Å². The Kier molecular flexibility index (Phi) is 5.45. The summed E-state index contributed by atoms with van der Waals surface area (Å²) in [6, 6.07) is 15.6. The molecule has 0 radical (unpaired) electrons. The van der Waals surface area contributed by atoms with Gasteiger partial charge in [0.15, 0.2) is 0 Å². The van der Waals surface area contributed by atoms with E-state index in [4.69, 9.17) is 0 Å². The number of hydrogen-bond acceptors (Lipinski definition) is 4. The standard InChI is InChI=1S/C21H23N3O2S/c25-20(24-10-9-16-5-1-3-7-18(16)24)14-27-19-8-4-2-6-17(19)21(26)23-13-15-11-22-12-15/h1-8,15,22H,9-14H2,(H,23,26). The lowest BCUT2D eigenvalue weighted by atomic mass is 10.0. The first-order valence-electron chi connectivity index (χ1n) is 9.31. The van der Waals surface area contributed by atoms with Crippen molar-refractivity contribution in [1.82, 2.24) is 10.6 Å². The van der Waals surface area contributed by atoms with Crippen LogP contribution in [-0.4, -0.2) is 43.7 Å². The maximum Gasteiger partial charge on any atom is 0.252 e. The van der Waals surface area contributed by atoms with Gasteiger partial charge in [-0.25, -0.2) is 0 Å². The molecule has 5 nitrogen and oxygen atoms in total. The molecule has 2 aromatic rings. The van der Waals surface area contributed by atoms with Crippen molar-refractivity contribution < 1.29 is 9.59 Å². The molecule has 6 heteroatoms. The highest BCUT2D eigenvalue weighted by molar-refractivity contribution is 8.00. The van der Waals surface area contributed by atoms with Gasteiger partial charge < -0.3 is 15.5 Å². The van der Waals surface area contributed by atoms with Gasteiger partial charge in [0.1, 0.15) is 0 Å². The number of rotatable bonds is 6. The van der Waals surface area contributed by atoms with Crippen molar-refractivity contribution in [1.29, 1.82) is 0 Å². The summed E-state index contributed by atoms with van der Waals surface area (Å²) in [5.41, 5.74) is 2.88. The van der Waals surface area contributed by atoms with Crippen molar-refractivity contribution in [3.8, 4) is 0 Å². The summed E-state index contributed by atoms with van der Waals surface area (Å²) in [4.78, 5) is 28.0. The van der Waals surface area contributed by atoms with E-state index in [1.807, 2.05) is 47.4 Å². The Labute approximate surface area is 163 Å². The van der Waals surface area contributed by atoms with Crippen LogP contribution in [0.2, 0.25) is 0 Å². The van der Waals surface area contributed by atoms with Crippen LogP contribution in [0.4, 0.5) is 5.69 Å². The molecule has 0 spiro atoms. The fraction of sp³-hybridized carbons (Fsp3) is 0.333. The van der Waals surface area contributed by atoms with Gasteiger partial charge in [0.25, 0.3) is 5.91 Å². The molecule has 2 N–H and O–H groups in total. The van der Waals surface area contributed by atoms with Crippen molar-refractivity contribution in [2.75, 3.05) is 36.8 Å². The fourth-order valence-corrected chi connectivity index (χ4v) is 4.35. The monoisotopic (exact) mass is 381 g/mol. The highest BCUT2D eigenvalue weighted by atomic mass is 32.2. The van der Waals surface area contributed by atoms with Crippen LogP contribution in [0.1, 0.15) is 15.9 Å². The molecule has 0 bridgehead atoms. The molecule has 1 fully saturated rings. The molecule has 0 saturated carbocycles. The Morgan fingerprint density at radius 3 is 2.70 bits per heavy atom. The molecule has 140 valence electrons. The minimum Gasteiger partial charge on any atom is -0.352 e. The van der Waals surface area contributed by atoms with Gasteiger partial charge in [-0.2, -0.15) is 0 Å². The number of carbonyl (C=O) groups excluding carboxylic acids is 2. The van der Waals surface area contributed by atoms with E-state index in [1.54, 1.807) is 0 Å². The van der Waals surface area contributed by atoms with E-state index in [2.05, 4.69) is 16.7 Å². The highest BCUT2D eigenvalue weighted by Gasteiger charge is 2.24. The first-order valence-corrected chi connectivity index (χ1v) is 10.3. The first-order chi connectivity index (χ1) is 13.2. The van der Waals surface area contributed by atoms with E-state index >= 15 is 0 Å². The number of carbonyl (C=O) groups is 2. The Balaban J connectivity index is 1.38. The van der Waals surface area contributed by atoms with Gasteiger partial charge in [-0.05, 0) is 30.2 Å². The van der Waals surface area contributed by atoms with Crippen LogP contribution in [0, 0.1) is 5.92 Å². The second-order valence-corrected chi connectivity index (χ2v) is 7.96. The Hall–Kier alpha value is -2.31. The third-order valence-electron chi connectivity index (χ3n) is 5.09. The smallest absolute Gasteiger partial charge is 0.252 e. The normalized spacial score (nSPS) is 15.9. The zero-order chi connectivity index (χ0) is 18.6. The van der Waals surface area contributed by atoms with Gasteiger partial charge in [-0.3, -0.25) is 9.59 Å². The maximum atomic E-state index is 12.7. The number of fused-ring (bicyclic) bond motifs is 1. The third-order valence-corrected chi connectivity index (χ3v) is 6.15. The molecule has 2 aromatic carbocycles. The summed E-state index contributed by atoms with van der Waals surface area (Å²) in [6.07, 6.45) is 0.904. The second-order valence-electron chi connectivity index (χ2n) is 6.94. The number of nitrogens with one attached hydrogen (secondary N) is 2. The lowest BCUT2D eigenvalue weighted by molar-refractivity contribution is -0.116. The van der Waals surface area contributed by atoms with Crippen LogP contribution in [0.3, 0.4) is 0 Å². The zero-order valence-electron chi connectivity index (χ0n) is 15.1. The van der Waals surface area contributed by atoms with Crippen LogP contribution in [0.15, 0.2) is 53.4 Å². The SMILES string of the molecule is O=C(NCC1CNC1)c1ccccc1SCC(=O)N1CCc2ccccc21. The van der Waals surface area contributed by atoms with E-state index in [-0.39, 0.29) is 11.8 Å². The number of hydrogen-bond donors (Lipinski definition) is 2.